The molecular formula is C44H81NO7. The molecular weight excluding hydrogens is 654 g/mol. The largest absolute Gasteiger partial charge is 0.544 e. The van der Waals surface area contributed by atoms with E-state index in [1.807, 2.05) is 0 Å². The minimum absolute atomic E-state index is 0.0385. The first-order chi connectivity index (χ1) is 25.1. The van der Waals surface area contributed by atoms with Gasteiger partial charge in [0.25, 0.3) is 0 Å². The fourth-order valence-electron chi connectivity index (χ4n) is 6.22. The van der Waals surface area contributed by atoms with Gasteiger partial charge < -0.3 is 28.6 Å². The summed E-state index contributed by atoms with van der Waals surface area (Å²) in [4.78, 5) is 36.8. The summed E-state index contributed by atoms with van der Waals surface area (Å²) in [7, 11) is 5.40. The van der Waals surface area contributed by atoms with Gasteiger partial charge in [-0.05, 0) is 44.9 Å². The summed E-state index contributed by atoms with van der Waals surface area (Å²) >= 11 is 0. The number of nitrogens with zero attached hydrogens (tertiary/aromatic N) is 1. The molecule has 0 aromatic heterocycles. The third kappa shape index (κ3) is 33.6. The highest BCUT2D eigenvalue weighted by atomic mass is 16.6. The Balaban J connectivity index is 4.38. The van der Waals surface area contributed by atoms with Crippen LogP contribution in [-0.4, -0.2) is 75.5 Å². The number of quaternary nitrogens is 1. The van der Waals surface area contributed by atoms with E-state index >= 15 is 0 Å². The van der Waals surface area contributed by atoms with Crippen molar-refractivity contribution in [1.82, 2.24) is 0 Å². The molecule has 8 nitrogen and oxygen atoms in total. The van der Waals surface area contributed by atoms with Crippen molar-refractivity contribution in [3.8, 4) is 0 Å². The van der Waals surface area contributed by atoms with Gasteiger partial charge in [-0.2, -0.15) is 0 Å². The maximum absolute atomic E-state index is 12.7. The zero-order valence-corrected chi connectivity index (χ0v) is 34.5. The Bertz CT molecular complexity index is 911. The van der Waals surface area contributed by atoms with E-state index in [1.54, 1.807) is 21.1 Å². The summed E-state index contributed by atoms with van der Waals surface area (Å²) in [5.41, 5.74) is 0. The Kier molecular flexibility index (Phi) is 34.3. The third-order valence-corrected chi connectivity index (χ3v) is 9.59. The number of likely N-dealkylation sites (N-methyl/N-ethyl adjacent to an activating group) is 1. The summed E-state index contributed by atoms with van der Waals surface area (Å²) in [5.74, 6) is -1.75. The van der Waals surface area contributed by atoms with Crippen LogP contribution in [-0.2, 0) is 28.6 Å². The average molecular weight is 736 g/mol. The Hall–Kier alpha value is -2.19. The molecule has 0 N–H and O–H groups in total. The molecule has 0 aliphatic heterocycles. The summed E-state index contributed by atoms with van der Waals surface area (Å²) in [5, 5.41) is 11.6. The number of carboxylic acids is 1. The van der Waals surface area contributed by atoms with E-state index in [2.05, 4.69) is 38.2 Å². The maximum Gasteiger partial charge on any atom is 0.306 e. The number of ether oxygens (including phenoxy) is 3. The zero-order valence-electron chi connectivity index (χ0n) is 34.5. The van der Waals surface area contributed by atoms with Gasteiger partial charge in [0, 0.05) is 19.3 Å². The van der Waals surface area contributed by atoms with Gasteiger partial charge in [0.2, 0.25) is 0 Å². The fraction of sp³-hybridized carbons (Fsp3) is 0.841. The van der Waals surface area contributed by atoms with Gasteiger partial charge in [-0.3, -0.25) is 9.59 Å². The highest BCUT2D eigenvalue weighted by molar-refractivity contribution is 5.70. The van der Waals surface area contributed by atoms with Crippen LogP contribution in [0, 0.1) is 0 Å². The summed E-state index contributed by atoms with van der Waals surface area (Å²) in [6, 6.07) is -0.725. The summed E-state index contributed by atoms with van der Waals surface area (Å²) < 4.78 is 17.1. The number of hydrogen-bond acceptors (Lipinski definition) is 7. The number of aliphatic carboxylic acids is 1. The normalized spacial score (nSPS) is 13.2. The zero-order chi connectivity index (χ0) is 38.5. The van der Waals surface area contributed by atoms with Crippen molar-refractivity contribution in [2.45, 2.75) is 199 Å². The van der Waals surface area contributed by atoms with Crippen molar-refractivity contribution in [3.63, 3.8) is 0 Å². The van der Waals surface area contributed by atoms with E-state index in [4.69, 9.17) is 14.2 Å². The van der Waals surface area contributed by atoms with Gasteiger partial charge in [-0.25, -0.2) is 0 Å². The van der Waals surface area contributed by atoms with Crippen LogP contribution in [0.2, 0.25) is 0 Å². The molecule has 0 aromatic rings. The molecule has 0 saturated carbocycles. The number of carbonyl (C=O) groups excluding carboxylic acids is 3. The Labute approximate surface area is 320 Å². The van der Waals surface area contributed by atoms with Crippen LogP contribution in [0.1, 0.15) is 187 Å². The standard InChI is InChI=1S/C44H81NO7/c1-6-8-10-12-14-16-18-20-21-23-25-27-29-31-33-35-43(47)52-40(38-50-37-36-41(44(48)49)45(3,4)5)39-51-42(46)34-32-30-28-26-24-22-19-17-15-13-11-9-7-2/h14,16,20-21,40-41H,6-13,15,17-19,22-39H2,1-5H3/b16-14-,21-20-. The molecule has 0 aliphatic rings. The number of hydrogen-bond donors (Lipinski definition) is 0. The van der Waals surface area contributed by atoms with E-state index in [0.29, 0.717) is 12.8 Å². The van der Waals surface area contributed by atoms with Crippen LogP contribution in [0.15, 0.2) is 24.3 Å². The van der Waals surface area contributed by atoms with Crippen LogP contribution in [0.25, 0.3) is 0 Å². The van der Waals surface area contributed by atoms with Crippen molar-refractivity contribution in [2.75, 3.05) is 41.0 Å². The molecule has 0 amide bonds. The molecule has 52 heavy (non-hydrogen) atoms. The number of esters is 2. The molecule has 0 radical (unpaired) electrons. The molecule has 0 saturated heterocycles. The van der Waals surface area contributed by atoms with E-state index in [0.717, 1.165) is 64.2 Å². The molecule has 0 bridgehead atoms. The first-order valence-corrected chi connectivity index (χ1v) is 21.4. The minimum Gasteiger partial charge on any atom is -0.544 e. The van der Waals surface area contributed by atoms with Gasteiger partial charge >= 0.3 is 11.9 Å². The number of allylic oxidation sites excluding steroid dienone is 4. The van der Waals surface area contributed by atoms with Gasteiger partial charge in [0.05, 0.1) is 40.3 Å². The molecule has 304 valence electrons. The smallest absolute Gasteiger partial charge is 0.306 e. The Morgan fingerprint density at radius 3 is 1.52 bits per heavy atom. The lowest BCUT2D eigenvalue weighted by molar-refractivity contribution is -0.889. The van der Waals surface area contributed by atoms with Gasteiger partial charge in [-0.1, -0.05) is 147 Å². The second-order valence-corrected chi connectivity index (χ2v) is 15.6. The van der Waals surface area contributed by atoms with Crippen molar-refractivity contribution < 1.29 is 38.2 Å². The van der Waals surface area contributed by atoms with Crippen molar-refractivity contribution in [1.29, 1.82) is 0 Å². The monoisotopic (exact) mass is 736 g/mol. The van der Waals surface area contributed by atoms with Gasteiger partial charge in [0.1, 0.15) is 12.6 Å². The van der Waals surface area contributed by atoms with Crippen LogP contribution in [0.4, 0.5) is 0 Å². The van der Waals surface area contributed by atoms with Gasteiger partial charge in [0.15, 0.2) is 6.10 Å². The summed E-state index contributed by atoms with van der Waals surface area (Å²) in [6.45, 7) is 4.62. The summed E-state index contributed by atoms with van der Waals surface area (Å²) in [6.07, 6.45) is 37.6. The fourth-order valence-corrected chi connectivity index (χ4v) is 6.22. The first kappa shape index (κ1) is 49.8. The van der Waals surface area contributed by atoms with Crippen molar-refractivity contribution in [2.24, 2.45) is 0 Å². The molecule has 0 rings (SSSR count). The van der Waals surface area contributed by atoms with Crippen LogP contribution in [0.3, 0.4) is 0 Å². The van der Waals surface area contributed by atoms with Gasteiger partial charge in [-0.15, -0.1) is 0 Å². The lowest BCUT2D eigenvalue weighted by Crippen LogP contribution is -2.55. The van der Waals surface area contributed by atoms with E-state index < -0.39 is 18.1 Å². The number of carbonyl (C=O) groups is 3. The second kappa shape index (κ2) is 35.8. The number of unbranched alkanes of at least 4 members (excludes halogenated alkanes) is 20. The molecule has 0 spiro atoms. The SMILES string of the molecule is CCCCC/C=C\C/C=C\CCCCCCCC(=O)OC(COCCC(C(=O)[O-])[N+](C)(C)C)COC(=O)CCCCCCCCCCCCCCC. The minimum atomic E-state index is -1.13. The van der Waals surface area contributed by atoms with E-state index in [-0.39, 0.29) is 42.7 Å². The quantitative estimate of drug-likeness (QED) is 0.0269. The van der Waals surface area contributed by atoms with Crippen molar-refractivity contribution in [3.05, 3.63) is 24.3 Å². The van der Waals surface area contributed by atoms with Crippen LogP contribution < -0.4 is 5.11 Å². The highest BCUT2D eigenvalue weighted by Crippen LogP contribution is 2.14. The first-order valence-electron chi connectivity index (χ1n) is 21.4. The molecule has 2 unspecified atom stereocenters. The average Bonchev–Trinajstić information content (AvgIpc) is 3.09. The topological polar surface area (TPSA) is 102 Å². The maximum atomic E-state index is 12.7. The predicted molar refractivity (Wildman–Crippen MR) is 213 cm³/mol. The third-order valence-electron chi connectivity index (χ3n) is 9.59. The second-order valence-electron chi connectivity index (χ2n) is 15.6. The molecule has 0 aliphatic carbocycles. The number of rotatable bonds is 38. The molecule has 0 fully saturated rings. The molecule has 0 aromatic carbocycles. The molecule has 2 atom stereocenters. The molecule has 0 heterocycles. The van der Waals surface area contributed by atoms with Crippen LogP contribution >= 0.6 is 0 Å². The Morgan fingerprint density at radius 1 is 0.577 bits per heavy atom. The Morgan fingerprint density at radius 2 is 1.02 bits per heavy atom. The highest BCUT2D eigenvalue weighted by Gasteiger charge is 2.25. The van der Waals surface area contributed by atoms with Crippen LogP contribution in [0.5, 0.6) is 0 Å². The van der Waals surface area contributed by atoms with E-state index in [1.165, 1.54) is 89.9 Å². The van der Waals surface area contributed by atoms with E-state index in [9.17, 15) is 19.5 Å². The lowest BCUT2D eigenvalue weighted by Gasteiger charge is -2.34. The van der Waals surface area contributed by atoms with Crippen molar-refractivity contribution >= 4 is 17.9 Å². The molecule has 8 heteroatoms. The lowest BCUT2D eigenvalue weighted by atomic mass is 10.0. The number of carboxylic acid groups (broad SMARTS) is 1. The predicted octanol–water partition coefficient (Wildman–Crippen LogP) is 9.97.